The average molecular weight is 428 g/mol. The van der Waals surface area contributed by atoms with Crippen LogP contribution in [-0.2, 0) is 4.79 Å². The number of halogens is 3. The topological polar surface area (TPSA) is 29.1 Å². The zero-order valence-corrected chi connectivity index (χ0v) is 14.6. The zero-order chi connectivity index (χ0) is 13.2. The number of anilines is 1. The van der Waals surface area contributed by atoms with Crippen molar-refractivity contribution >= 4 is 59.4 Å². The molecule has 1 amide bonds. The van der Waals surface area contributed by atoms with Crippen LogP contribution in [0.5, 0.6) is 0 Å². The number of hydrogen-bond acceptors (Lipinski definition) is 1. The van der Waals surface area contributed by atoms with E-state index in [1.165, 1.54) is 11.1 Å². The lowest BCUT2D eigenvalue weighted by Crippen LogP contribution is -2.25. The number of rotatable bonds is 2. The van der Waals surface area contributed by atoms with Crippen molar-refractivity contribution in [3.05, 3.63) is 29.3 Å². The molecule has 0 saturated heterocycles. The molecule has 0 unspecified atom stereocenters. The smallest absolute Gasteiger partial charge is 0.263 e. The molecule has 0 aliphatic carbocycles. The number of benzene rings is 1. The summed E-state index contributed by atoms with van der Waals surface area (Å²) >= 11 is 9.54. The summed E-state index contributed by atoms with van der Waals surface area (Å²) in [6, 6.07) is 5.94. The first-order chi connectivity index (χ1) is 7.71. The van der Waals surface area contributed by atoms with Crippen LogP contribution < -0.4 is 5.32 Å². The normalized spacial score (nSPS) is 11.7. The molecule has 5 heteroatoms. The van der Waals surface area contributed by atoms with Crippen LogP contribution in [0.2, 0.25) is 0 Å². The largest absolute Gasteiger partial charge is 0.323 e. The summed E-state index contributed by atoms with van der Waals surface area (Å²) in [5, 5.41) is 2.81. The summed E-state index contributed by atoms with van der Waals surface area (Å²) in [6.45, 7) is 6.36. The Hall–Kier alpha value is 0.130. The van der Waals surface area contributed by atoms with Crippen LogP contribution in [0.25, 0.3) is 0 Å². The molecule has 0 spiro atoms. The maximum Gasteiger partial charge on any atom is 0.263 e. The molecule has 2 nitrogen and oxygen atoms in total. The third-order valence-corrected chi connectivity index (χ3v) is 3.49. The van der Waals surface area contributed by atoms with Crippen molar-refractivity contribution in [3.63, 3.8) is 0 Å². The molecule has 0 atom stereocenters. The SMILES string of the molecule is Cc1cc(NC(=O)C(Br)(Br)Br)ccc1C(C)C. The van der Waals surface area contributed by atoms with Gasteiger partial charge in [0.15, 0.2) is 0 Å². The van der Waals surface area contributed by atoms with Gasteiger partial charge in [-0.3, -0.25) is 4.79 Å². The summed E-state index contributed by atoms with van der Waals surface area (Å²) in [5.41, 5.74) is 3.27. The standard InChI is InChI=1S/C12H14Br3NO/c1-7(2)10-5-4-9(6-8(10)3)16-11(17)12(13,14)15/h4-7H,1-3H3,(H,16,17). The van der Waals surface area contributed by atoms with E-state index in [2.05, 4.69) is 73.9 Å². The van der Waals surface area contributed by atoms with E-state index in [1.54, 1.807) is 0 Å². The lowest BCUT2D eigenvalue weighted by molar-refractivity contribution is -0.114. The second-order valence-corrected chi connectivity index (χ2v) is 10.9. The Labute approximate surface area is 127 Å². The third-order valence-electron chi connectivity index (χ3n) is 2.41. The maximum atomic E-state index is 11.7. The minimum Gasteiger partial charge on any atom is -0.323 e. The van der Waals surface area contributed by atoms with E-state index in [0.717, 1.165) is 5.69 Å². The van der Waals surface area contributed by atoms with Crippen LogP contribution in [0.4, 0.5) is 5.69 Å². The van der Waals surface area contributed by atoms with E-state index in [-0.39, 0.29) is 5.91 Å². The van der Waals surface area contributed by atoms with Gasteiger partial charge in [0.2, 0.25) is 2.14 Å². The molecule has 0 radical (unpaired) electrons. The van der Waals surface area contributed by atoms with Crippen LogP contribution in [0.1, 0.15) is 30.9 Å². The number of nitrogens with one attached hydrogen (secondary N) is 1. The van der Waals surface area contributed by atoms with E-state index in [4.69, 9.17) is 0 Å². The number of aryl methyl sites for hydroxylation is 1. The molecule has 1 aromatic rings. The van der Waals surface area contributed by atoms with Crippen LogP contribution in [0, 0.1) is 6.92 Å². The van der Waals surface area contributed by atoms with Crippen molar-refractivity contribution in [3.8, 4) is 0 Å². The molecule has 0 fully saturated rings. The number of hydrogen-bond donors (Lipinski definition) is 1. The van der Waals surface area contributed by atoms with Gasteiger partial charge in [0, 0.05) is 5.69 Å². The molecule has 17 heavy (non-hydrogen) atoms. The highest BCUT2D eigenvalue weighted by atomic mass is 80.0. The lowest BCUT2D eigenvalue weighted by atomic mass is 9.98. The first-order valence-corrected chi connectivity index (χ1v) is 7.58. The van der Waals surface area contributed by atoms with Crippen LogP contribution in [0.15, 0.2) is 18.2 Å². The third kappa shape index (κ3) is 4.38. The quantitative estimate of drug-likeness (QED) is 0.668. The Morgan fingerprint density at radius 2 is 1.88 bits per heavy atom. The zero-order valence-electron chi connectivity index (χ0n) is 9.85. The first-order valence-electron chi connectivity index (χ1n) is 5.20. The van der Waals surface area contributed by atoms with Gasteiger partial charge in [-0.1, -0.05) is 19.9 Å². The molecule has 0 bridgehead atoms. The molecule has 0 aromatic heterocycles. The summed E-state index contributed by atoms with van der Waals surface area (Å²) in [7, 11) is 0. The molecule has 94 valence electrons. The molecule has 0 aliphatic heterocycles. The van der Waals surface area contributed by atoms with Crippen LogP contribution >= 0.6 is 47.8 Å². The fourth-order valence-electron chi connectivity index (χ4n) is 1.60. The lowest BCUT2D eigenvalue weighted by Gasteiger charge is -2.15. The van der Waals surface area contributed by atoms with Crippen molar-refractivity contribution in [2.45, 2.75) is 28.8 Å². The van der Waals surface area contributed by atoms with Crippen molar-refractivity contribution in [1.29, 1.82) is 0 Å². The highest BCUT2D eigenvalue weighted by Crippen LogP contribution is 2.34. The van der Waals surface area contributed by atoms with Gasteiger partial charge >= 0.3 is 0 Å². The number of alkyl halides is 3. The van der Waals surface area contributed by atoms with E-state index in [9.17, 15) is 4.79 Å². The summed E-state index contributed by atoms with van der Waals surface area (Å²) < 4.78 is -0.919. The van der Waals surface area contributed by atoms with Gasteiger partial charge < -0.3 is 5.32 Å². The highest BCUT2D eigenvalue weighted by molar-refractivity contribution is 9.40. The molecule has 1 N–H and O–H groups in total. The minimum absolute atomic E-state index is 0.200. The summed E-state index contributed by atoms with van der Waals surface area (Å²) in [4.78, 5) is 11.7. The van der Waals surface area contributed by atoms with E-state index in [1.807, 2.05) is 18.2 Å². The minimum atomic E-state index is -0.919. The predicted molar refractivity (Wildman–Crippen MR) is 83.4 cm³/mol. The van der Waals surface area contributed by atoms with Gasteiger partial charge in [-0.15, -0.1) is 0 Å². The van der Waals surface area contributed by atoms with Gasteiger partial charge in [0.25, 0.3) is 5.91 Å². The fourth-order valence-corrected chi connectivity index (χ4v) is 1.90. The Morgan fingerprint density at radius 3 is 2.29 bits per heavy atom. The average Bonchev–Trinajstić information content (AvgIpc) is 2.15. The Morgan fingerprint density at radius 1 is 1.29 bits per heavy atom. The van der Waals surface area contributed by atoms with E-state index in [0.29, 0.717) is 5.92 Å². The van der Waals surface area contributed by atoms with Crippen LogP contribution in [-0.4, -0.2) is 8.05 Å². The van der Waals surface area contributed by atoms with Gasteiger partial charge in [-0.25, -0.2) is 0 Å². The molecule has 0 heterocycles. The van der Waals surface area contributed by atoms with Gasteiger partial charge in [0.1, 0.15) is 0 Å². The Bertz CT molecular complexity index is 424. The Kier molecular flexibility index (Phi) is 5.22. The molecular formula is C12H14Br3NO. The monoisotopic (exact) mass is 425 g/mol. The number of carbonyl (C=O) groups is 1. The predicted octanol–water partition coefficient (Wildman–Crippen LogP) is 4.90. The van der Waals surface area contributed by atoms with Crippen LogP contribution in [0.3, 0.4) is 0 Å². The van der Waals surface area contributed by atoms with Crippen molar-refractivity contribution in [2.75, 3.05) is 5.32 Å². The fraction of sp³-hybridized carbons (Fsp3) is 0.417. The van der Waals surface area contributed by atoms with E-state index < -0.39 is 2.14 Å². The summed E-state index contributed by atoms with van der Waals surface area (Å²) in [5.74, 6) is 0.288. The molecule has 0 saturated carbocycles. The number of amides is 1. The second kappa shape index (κ2) is 5.85. The molecule has 0 aliphatic rings. The van der Waals surface area contributed by atoms with Gasteiger partial charge in [0.05, 0.1) is 0 Å². The maximum absolute atomic E-state index is 11.7. The van der Waals surface area contributed by atoms with Crippen molar-refractivity contribution in [2.24, 2.45) is 0 Å². The van der Waals surface area contributed by atoms with Crippen molar-refractivity contribution in [1.82, 2.24) is 0 Å². The first kappa shape index (κ1) is 15.2. The van der Waals surface area contributed by atoms with Gasteiger partial charge in [-0.05, 0) is 83.9 Å². The number of carbonyl (C=O) groups excluding carboxylic acids is 1. The highest BCUT2D eigenvalue weighted by Gasteiger charge is 2.28. The Balaban J connectivity index is 2.89. The molecule has 1 rings (SSSR count). The van der Waals surface area contributed by atoms with Crippen molar-refractivity contribution < 1.29 is 4.79 Å². The molecule has 1 aromatic carbocycles. The van der Waals surface area contributed by atoms with E-state index >= 15 is 0 Å². The second-order valence-electron chi connectivity index (χ2n) is 4.18. The molecular weight excluding hydrogens is 414 g/mol. The van der Waals surface area contributed by atoms with Gasteiger partial charge in [-0.2, -0.15) is 0 Å². The summed E-state index contributed by atoms with van der Waals surface area (Å²) in [6.07, 6.45) is 0.